The van der Waals surface area contributed by atoms with Gasteiger partial charge in [0.2, 0.25) is 5.75 Å². The number of carbonyl (C=O) groups is 1. The zero-order valence-electron chi connectivity index (χ0n) is 11.3. The van der Waals surface area contributed by atoms with E-state index in [-0.39, 0.29) is 11.5 Å². The molecule has 6 nitrogen and oxygen atoms in total. The van der Waals surface area contributed by atoms with Crippen LogP contribution in [0.15, 0.2) is 18.2 Å². The molecule has 0 saturated heterocycles. The summed E-state index contributed by atoms with van der Waals surface area (Å²) in [5, 5.41) is 9.86. The smallest absolute Gasteiger partial charge is 0.361 e. The predicted octanol–water partition coefficient (Wildman–Crippen LogP) is 2.06. The van der Waals surface area contributed by atoms with Gasteiger partial charge in [0.15, 0.2) is 11.5 Å². The number of esters is 1. The van der Waals surface area contributed by atoms with Gasteiger partial charge in [0.1, 0.15) is 0 Å². The highest BCUT2D eigenvalue weighted by atomic mass is 16.9. The Bertz CT molecular complexity index is 523. The maximum Gasteiger partial charge on any atom is 0.361 e. The summed E-state index contributed by atoms with van der Waals surface area (Å²) in [6.07, 6.45) is 2.80. The summed E-state index contributed by atoms with van der Waals surface area (Å²) in [6.45, 7) is 3.42. The maximum absolute atomic E-state index is 11.2. The summed E-state index contributed by atoms with van der Waals surface area (Å²) in [7, 11) is 0. The second-order valence-corrected chi connectivity index (χ2v) is 3.93. The first-order valence-electron chi connectivity index (χ1n) is 6.30. The van der Waals surface area contributed by atoms with Crippen LogP contribution in [0.4, 0.5) is 0 Å². The predicted molar refractivity (Wildman–Crippen MR) is 70.4 cm³/mol. The molecular weight excluding hydrogens is 264 g/mol. The van der Waals surface area contributed by atoms with E-state index in [0.717, 1.165) is 0 Å². The number of phenolic OH excluding ortho intramolecular Hbond substituents is 1. The van der Waals surface area contributed by atoms with Crippen molar-refractivity contribution in [1.82, 2.24) is 0 Å². The average Bonchev–Trinajstić information content (AvgIpc) is 2.80. The minimum atomic E-state index is -0.856. The number of phenols is 1. The Morgan fingerprint density at radius 3 is 2.85 bits per heavy atom. The van der Waals surface area contributed by atoms with Gasteiger partial charge in [-0.25, -0.2) is 4.79 Å². The second-order valence-electron chi connectivity index (χ2n) is 3.93. The molecule has 1 N–H and O–H groups in total. The fourth-order valence-corrected chi connectivity index (χ4v) is 1.69. The number of hydrogen-bond donors (Lipinski definition) is 1. The topological polar surface area (TPSA) is 74.2 Å². The third-order valence-electron chi connectivity index (χ3n) is 2.50. The zero-order chi connectivity index (χ0) is 14.5. The maximum atomic E-state index is 11.2. The number of benzene rings is 1. The van der Waals surface area contributed by atoms with E-state index >= 15 is 0 Å². The van der Waals surface area contributed by atoms with Crippen LogP contribution >= 0.6 is 0 Å². The number of fused-ring (bicyclic) bond motifs is 1. The Labute approximate surface area is 116 Å². The van der Waals surface area contributed by atoms with Crippen LogP contribution in [0.5, 0.6) is 17.2 Å². The lowest BCUT2D eigenvalue weighted by Crippen LogP contribution is -2.21. The lowest BCUT2D eigenvalue weighted by molar-refractivity contribution is -0.173. The minimum Gasteiger partial charge on any atom is -0.504 e. The molecular formula is C14H16O6. The Balaban J connectivity index is 2.14. The highest BCUT2D eigenvalue weighted by molar-refractivity contribution is 5.87. The van der Waals surface area contributed by atoms with E-state index in [1.807, 2.05) is 6.92 Å². The van der Waals surface area contributed by atoms with Crippen molar-refractivity contribution in [3.05, 3.63) is 23.8 Å². The first kappa shape index (κ1) is 14.2. The first-order valence-corrected chi connectivity index (χ1v) is 6.30. The fraction of sp³-hybridized carbons (Fsp3) is 0.357. The van der Waals surface area contributed by atoms with Gasteiger partial charge in [0, 0.05) is 6.08 Å². The van der Waals surface area contributed by atoms with Crippen molar-refractivity contribution in [2.45, 2.75) is 20.3 Å². The normalized spacial score (nSPS) is 16.6. The second kappa shape index (κ2) is 6.29. The molecule has 20 heavy (non-hydrogen) atoms. The Kier molecular flexibility index (Phi) is 4.47. The molecule has 0 bridgehead atoms. The van der Waals surface area contributed by atoms with Crippen LogP contribution in [0.1, 0.15) is 19.4 Å². The quantitative estimate of drug-likeness (QED) is 0.657. The van der Waals surface area contributed by atoms with E-state index < -0.39 is 12.4 Å². The average molecular weight is 280 g/mol. The number of hydrogen-bond acceptors (Lipinski definition) is 6. The van der Waals surface area contributed by atoms with Gasteiger partial charge in [-0.2, -0.15) is 0 Å². The van der Waals surface area contributed by atoms with Gasteiger partial charge in [-0.1, -0.05) is 0 Å². The molecule has 108 valence electrons. The molecule has 0 saturated carbocycles. The number of rotatable bonds is 5. The van der Waals surface area contributed by atoms with E-state index in [1.165, 1.54) is 18.2 Å². The molecule has 1 unspecified atom stereocenters. The van der Waals surface area contributed by atoms with E-state index in [9.17, 15) is 9.90 Å². The van der Waals surface area contributed by atoms with Crippen LogP contribution in [-0.2, 0) is 14.3 Å². The summed E-state index contributed by atoms with van der Waals surface area (Å²) >= 11 is 0. The van der Waals surface area contributed by atoms with Crippen molar-refractivity contribution < 1.29 is 28.8 Å². The van der Waals surface area contributed by atoms with Crippen LogP contribution in [0.3, 0.4) is 0 Å². The SMILES string of the molecule is CCOC(=O)/C=C/c1cc(O)c2c(c1)OC(OCC)O2. The van der Waals surface area contributed by atoms with Gasteiger partial charge in [-0.05, 0) is 37.6 Å². The molecule has 0 radical (unpaired) electrons. The van der Waals surface area contributed by atoms with E-state index in [4.69, 9.17) is 18.9 Å². The van der Waals surface area contributed by atoms with Crippen LogP contribution < -0.4 is 9.47 Å². The van der Waals surface area contributed by atoms with Crippen LogP contribution in [0.25, 0.3) is 6.08 Å². The summed E-state index contributed by atoms with van der Waals surface area (Å²) < 4.78 is 20.6. The third-order valence-corrected chi connectivity index (χ3v) is 2.50. The number of carbonyl (C=O) groups excluding carboxylic acids is 1. The summed E-state index contributed by atoms with van der Waals surface area (Å²) in [4.78, 5) is 11.2. The van der Waals surface area contributed by atoms with Gasteiger partial charge in [0.25, 0.3) is 0 Å². The monoisotopic (exact) mass is 280 g/mol. The van der Waals surface area contributed by atoms with Crippen molar-refractivity contribution in [3.8, 4) is 17.2 Å². The molecule has 0 fully saturated rings. The van der Waals surface area contributed by atoms with Gasteiger partial charge in [-0.3, -0.25) is 0 Å². The number of aromatic hydroxyl groups is 1. The summed E-state index contributed by atoms with van der Waals surface area (Å²) in [5.41, 5.74) is 0.593. The fourth-order valence-electron chi connectivity index (χ4n) is 1.69. The minimum absolute atomic E-state index is 0.0757. The van der Waals surface area contributed by atoms with Gasteiger partial charge in [-0.15, -0.1) is 0 Å². The molecule has 1 heterocycles. The van der Waals surface area contributed by atoms with Crippen LogP contribution in [-0.4, -0.2) is 30.8 Å². The van der Waals surface area contributed by atoms with Gasteiger partial charge >= 0.3 is 12.4 Å². The van der Waals surface area contributed by atoms with E-state index in [0.29, 0.717) is 24.5 Å². The Morgan fingerprint density at radius 2 is 2.15 bits per heavy atom. The Hall–Kier alpha value is -2.21. The van der Waals surface area contributed by atoms with Crippen molar-refractivity contribution in [1.29, 1.82) is 0 Å². The molecule has 1 aliphatic heterocycles. The van der Waals surface area contributed by atoms with Crippen molar-refractivity contribution in [3.63, 3.8) is 0 Å². The van der Waals surface area contributed by atoms with Crippen molar-refractivity contribution in [2.24, 2.45) is 0 Å². The zero-order valence-corrected chi connectivity index (χ0v) is 11.3. The van der Waals surface area contributed by atoms with Crippen LogP contribution in [0, 0.1) is 0 Å². The highest BCUT2D eigenvalue weighted by Crippen LogP contribution is 2.43. The molecule has 1 aromatic carbocycles. The molecule has 1 atom stereocenters. The summed E-state index contributed by atoms with van der Waals surface area (Å²) in [6, 6.07) is 3.11. The molecule has 0 amide bonds. The standard InChI is InChI=1S/C14H16O6/c1-3-17-12(16)6-5-9-7-10(15)13-11(8-9)19-14(20-13)18-4-2/h5-8,14-15H,3-4H2,1-2H3/b6-5+. The summed E-state index contributed by atoms with van der Waals surface area (Å²) in [5.74, 6) is 0.0776. The van der Waals surface area contributed by atoms with E-state index in [2.05, 4.69) is 0 Å². The van der Waals surface area contributed by atoms with E-state index in [1.54, 1.807) is 13.0 Å². The molecule has 0 spiro atoms. The van der Waals surface area contributed by atoms with Crippen molar-refractivity contribution in [2.75, 3.05) is 13.2 Å². The lowest BCUT2D eigenvalue weighted by Gasteiger charge is -2.08. The highest BCUT2D eigenvalue weighted by Gasteiger charge is 2.27. The Morgan fingerprint density at radius 1 is 1.35 bits per heavy atom. The van der Waals surface area contributed by atoms with Gasteiger partial charge < -0.3 is 24.1 Å². The molecule has 6 heteroatoms. The largest absolute Gasteiger partial charge is 0.504 e. The molecule has 0 aliphatic carbocycles. The first-order chi connectivity index (χ1) is 9.63. The molecule has 1 aliphatic rings. The third kappa shape index (κ3) is 3.21. The number of ether oxygens (including phenoxy) is 4. The molecule has 0 aromatic heterocycles. The molecule has 2 rings (SSSR count). The van der Waals surface area contributed by atoms with Gasteiger partial charge in [0.05, 0.1) is 13.2 Å². The van der Waals surface area contributed by atoms with Crippen molar-refractivity contribution >= 4 is 12.0 Å². The molecule has 1 aromatic rings. The van der Waals surface area contributed by atoms with Crippen LogP contribution in [0.2, 0.25) is 0 Å². The lowest BCUT2D eigenvalue weighted by atomic mass is 10.1.